The summed E-state index contributed by atoms with van der Waals surface area (Å²) in [7, 11) is 0. The molecule has 102 valence electrons. The minimum atomic E-state index is -0.279. The maximum Gasteiger partial charge on any atom is 0.252 e. The molecule has 2 aliphatic heterocycles. The molecular formula is C15H20N2O2. The van der Waals surface area contributed by atoms with E-state index in [1.165, 1.54) is 11.1 Å². The smallest absolute Gasteiger partial charge is 0.252 e. The predicted octanol–water partition coefficient (Wildman–Crippen LogP) is 1.08. The molecule has 2 aliphatic rings. The van der Waals surface area contributed by atoms with Crippen LogP contribution < -0.4 is 5.73 Å². The second-order valence-electron chi connectivity index (χ2n) is 5.34. The van der Waals surface area contributed by atoms with E-state index in [-0.39, 0.29) is 18.1 Å². The van der Waals surface area contributed by atoms with Crippen LogP contribution in [0.25, 0.3) is 0 Å². The Kier molecular flexibility index (Phi) is 3.53. The molecule has 0 aromatic heterocycles. The lowest BCUT2D eigenvalue weighted by atomic mass is 9.99. The molecule has 0 radical (unpaired) electrons. The van der Waals surface area contributed by atoms with Gasteiger partial charge in [0, 0.05) is 19.6 Å². The van der Waals surface area contributed by atoms with Crippen molar-refractivity contribution in [2.75, 3.05) is 13.1 Å². The number of carbonyl (C=O) groups is 1. The quantitative estimate of drug-likeness (QED) is 0.865. The summed E-state index contributed by atoms with van der Waals surface area (Å²) in [5, 5.41) is 0. The summed E-state index contributed by atoms with van der Waals surface area (Å²) in [5.74, 6) is 0.130. The molecule has 4 heteroatoms. The van der Waals surface area contributed by atoms with Gasteiger partial charge in [0.1, 0.15) is 6.10 Å². The highest BCUT2D eigenvalue weighted by molar-refractivity contribution is 5.81. The van der Waals surface area contributed by atoms with E-state index in [2.05, 4.69) is 18.2 Å². The van der Waals surface area contributed by atoms with E-state index >= 15 is 0 Å². The van der Waals surface area contributed by atoms with Gasteiger partial charge in [-0.25, -0.2) is 0 Å². The molecule has 1 amide bonds. The van der Waals surface area contributed by atoms with Gasteiger partial charge < -0.3 is 15.4 Å². The molecule has 0 spiro atoms. The third kappa shape index (κ3) is 2.51. The first kappa shape index (κ1) is 12.6. The molecule has 1 aromatic rings. The van der Waals surface area contributed by atoms with E-state index in [1.54, 1.807) is 0 Å². The Labute approximate surface area is 113 Å². The van der Waals surface area contributed by atoms with E-state index in [4.69, 9.17) is 10.5 Å². The number of nitrogens with two attached hydrogens (primary N) is 1. The van der Waals surface area contributed by atoms with E-state index in [9.17, 15) is 4.79 Å². The molecule has 1 fully saturated rings. The first-order chi connectivity index (χ1) is 9.28. The molecule has 0 saturated carbocycles. The lowest BCUT2D eigenvalue weighted by Crippen LogP contribution is -2.42. The van der Waals surface area contributed by atoms with E-state index < -0.39 is 0 Å². The number of ether oxygens (including phenoxy) is 1. The van der Waals surface area contributed by atoms with Gasteiger partial charge in [-0.3, -0.25) is 4.79 Å². The zero-order valence-corrected chi connectivity index (χ0v) is 11.0. The zero-order valence-electron chi connectivity index (χ0n) is 11.0. The Bertz CT molecular complexity index is 475. The Morgan fingerprint density at radius 1 is 1.32 bits per heavy atom. The highest BCUT2D eigenvalue weighted by Crippen LogP contribution is 2.24. The van der Waals surface area contributed by atoms with Crippen molar-refractivity contribution >= 4 is 5.91 Å². The van der Waals surface area contributed by atoms with Crippen LogP contribution in [0.4, 0.5) is 0 Å². The predicted molar refractivity (Wildman–Crippen MR) is 72.5 cm³/mol. The van der Waals surface area contributed by atoms with E-state index in [0.29, 0.717) is 13.1 Å². The molecule has 2 N–H and O–H groups in total. The second kappa shape index (κ2) is 5.31. The van der Waals surface area contributed by atoms with Crippen molar-refractivity contribution in [2.24, 2.45) is 5.73 Å². The largest absolute Gasteiger partial charge is 0.364 e. The number of carbonyl (C=O) groups excluding carboxylic acids is 1. The van der Waals surface area contributed by atoms with Crippen molar-refractivity contribution in [3.63, 3.8) is 0 Å². The minimum Gasteiger partial charge on any atom is -0.364 e. The Morgan fingerprint density at radius 3 is 2.84 bits per heavy atom. The molecule has 0 aliphatic carbocycles. The van der Waals surface area contributed by atoms with Gasteiger partial charge >= 0.3 is 0 Å². The number of benzene rings is 1. The van der Waals surface area contributed by atoms with Crippen molar-refractivity contribution < 1.29 is 9.53 Å². The lowest BCUT2D eigenvalue weighted by molar-refractivity contribution is -0.143. The summed E-state index contributed by atoms with van der Waals surface area (Å²) in [6, 6.07) is 8.34. The fraction of sp³-hybridized carbons (Fsp3) is 0.533. The van der Waals surface area contributed by atoms with Gasteiger partial charge in [-0.05, 0) is 30.4 Å². The number of hydrogen-bond acceptors (Lipinski definition) is 3. The summed E-state index contributed by atoms with van der Waals surface area (Å²) in [6.45, 7) is 2.01. The molecule has 1 saturated heterocycles. The number of fused-ring (bicyclic) bond motifs is 1. The molecular weight excluding hydrogens is 240 g/mol. The normalized spacial score (nSPS) is 26.3. The van der Waals surface area contributed by atoms with Crippen LogP contribution in [0.1, 0.15) is 24.0 Å². The van der Waals surface area contributed by atoms with Gasteiger partial charge in [-0.15, -0.1) is 0 Å². The summed E-state index contributed by atoms with van der Waals surface area (Å²) in [6.07, 6.45) is 2.43. The van der Waals surface area contributed by atoms with Gasteiger partial charge in [0.2, 0.25) is 0 Å². The van der Waals surface area contributed by atoms with E-state index in [1.807, 2.05) is 11.0 Å². The van der Waals surface area contributed by atoms with Gasteiger partial charge in [-0.2, -0.15) is 0 Å². The zero-order chi connectivity index (χ0) is 13.2. The standard InChI is InChI=1S/C15H20N2O2/c16-9-13-5-6-14(19-13)15(18)17-8-7-11-3-1-2-4-12(11)10-17/h1-4,13-14H,5-10,16H2. The van der Waals surface area contributed by atoms with Crippen LogP contribution in [0.3, 0.4) is 0 Å². The third-order valence-corrected chi connectivity index (χ3v) is 4.09. The molecule has 2 unspecified atom stereocenters. The highest BCUT2D eigenvalue weighted by atomic mass is 16.5. The molecule has 3 rings (SSSR count). The van der Waals surface area contributed by atoms with Crippen LogP contribution in [0.2, 0.25) is 0 Å². The maximum absolute atomic E-state index is 12.4. The Morgan fingerprint density at radius 2 is 2.11 bits per heavy atom. The maximum atomic E-state index is 12.4. The number of hydrogen-bond donors (Lipinski definition) is 1. The van der Waals surface area contributed by atoms with Gasteiger partial charge in [-0.1, -0.05) is 24.3 Å². The molecule has 19 heavy (non-hydrogen) atoms. The first-order valence-electron chi connectivity index (χ1n) is 6.99. The van der Waals surface area contributed by atoms with Crippen LogP contribution >= 0.6 is 0 Å². The van der Waals surface area contributed by atoms with Crippen molar-refractivity contribution in [1.82, 2.24) is 4.90 Å². The van der Waals surface area contributed by atoms with Crippen molar-refractivity contribution in [3.8, 4) is 0 Å². The summed E-state index contributed by atoms with van der Waals surface area (Å²) in [5.41, 5.74) is 8.21. The Balaban J connectivity index is 1.66. The van der Waals surface area contributed by atoms with Crippen LogP contribution in [-0.4, -0.2) is 36.1 Å². The third-order valence-electron chi connectivity index (χ3n) is 4.09. The molecule has 4 nitrogen and oxygen atoms in total. The van der Waals surface area contributed by atoms with Gasteiger partial charge in [0.25, 0.3) is 5.91 Å². The van der Waals surface area contributed by atoms with Crippen LogP contribution in [-0.2, 0) is 22.5 Å². The minimum absolute atomic E-state index is 0.0611. The van der Waals surface area contributed by atoms with Gasteiger partial charge in [0.05, 0.1) is 6.10 Å². The number of rotatable bonds is 2. The fourth-order valence-corrected chi connectivity index (χ4v) is 2.95. The number of nitrogens with zero attached hydrogens (tertiary/aromatic N) is 1. The van der Waals surface area contributed by atoms with Crippen molar-refractivity contribution in [2.45, 2.75) is 38.0 Å². The Hall–Kier alpha value is -1.39. The summed E-state index contributed by atoms with van der Waals surface area (Å²) in [4.78, 5) is 14.4. The molecule has 2 atom stereocenters. The number of amides is 1. The highest BCUT2D eigenvalue weighted by Gasteiger charge is 2.33. The first-order valence-corrected chi connectivity index (χ1v) is 6.99. The van der Waals surface area contributed by atoms with Crippen LogP contribution in [0.5, 0.6) is 0 Å². The fourth-order valence-electron chi connectivity index (χ4n) is 2.95. The monoisotopic (exact) mass is 260 g/mol. The SMILES string of the molecule is NCC1CCC(C(=O)N2CCc3ccccc3C2)O1. The average Bonchev–Trinajstić information content (AvgIpc) is 2.95. The van der Waals surface area contributed by atoms with Crippen molar-refractivity contribution in [3.05, 3.63) is 35.4 Å². The van der Waals surface area contributed by atoms with Crippen LogP contribution in [0, 0.1) is 0 Å². The molecule has 0 bridgehead atoms. The molecule has 1 aromatic carbocycles. The van der Waals surface area contributed by atoms with Gasteiger partial charge in [0.15, 0.2) is 0 Å². The second-order valence-corrected chi connectivity index (χ2v) is 5.34. The lowest BCUT2D eigenvalue weighted by Gasteiger charge is -2.30. The average molecular weight is 260 g/mol. The molecule has 2 heterocycles. The summed E-state index contributed by atoms with van der Waals surface area (Å²) < 4.78 is 5.70. The summed E-state index contributed by atoms with van der Waals surface area (Å²) >= 11 is 0. The topological polar surface area (TPSA) is 55.6 Å². The van der Waals surface area contributed by atoms with Crippen molar-refractivity contribution in [1.29, 1.82) is 0 Å². The van der Waals surface area contributed by atoms with E-state index in [0.717, 1.165) is 25.8 Å². The van der Waals surface area contributed by atoms with Crippen LogP contribution in [0.15, 0.2) is 24.3 Å².